The lowest BCUT2D eigenvalue weighted by atomic mass is 10.1. The van der Waals surface area contributed by atoms with E-state index in [9.17, 15) is 14.4 Å². The molecule has 0 spiro atoms. The fourth-order valence-electron chi connectivity index (χ4n) is 3.53. The van der Waals surface area contributed by atoms with Gasteiger partial charge in [0.05, 0.1) is 36.8 Å². The minimum atomic E-state index is -0.655. The van der Waals surface area contributed by atoms with E-state index in [0.29, 0.717) is 21.8 Å². The molecule has 0 aliphatic heterocycles. The molecule has 10 nitrogen and oxygen atoms in total. The predicted molar refractivity (Wildman–Crippen MR) is 139 cm³/mol. The van der Waals surface area contributed by atoms with Crippen molar-refractivity contribution < 1.29 is 28.6 Å². The monoisotopic (exact) mass is 546 g/mol. The molecule has 1 aromatic heterocycles. The van der Waals surface area contributed by atoms with E-state index in [4.69, 9.17) is 25.8 Å². The summed E-state index contributed by atoms with van der Waals surface area (Å²) in [6, 6.07) is 7.89. The van der Waals surface area contributed by atoms with Crippen LogP contribution in [0.25, 0.3) is 0 Å². The lowest BCUT2D eigenvalue weighted by Crippen LogP contribution is -2.18. The van der Waals surface area contributed by atoms with Crippen LogP contribution in [0.5, 0.6) is 5.75 Å². The number of halogens is 1. The van der Waals surface area contributed by atoms with Gasteiger partial charge in [-0.05, 0) is 62.2 Å². The van der Waals surface area contributed by atoms with Crippen LogP contribution >= 0.6 is 23.4 Å². The van der Waals surface area contributed by atoms with Crippen LogP contribution in [-0.2, 0) is 21.3 Å². The second-order valence-electron chi connectivity index (χ2n) is 8.11. The summed E-state index contributed by atoms with van der Waals surface area (Å²) < 4.78 is 17.3. The molecule has 0 fully saturated rings. The minimum Gasteiger partial charge on any atom is -0.483 e. The number of nitrogens with one attached hydrogen (secondary N) is 1. The molecule has 1 unspecified atom stereocenters. The van der Waals surface area contributed by atoms with Crippen LogP contribution in [0.3, 0.4) is 0 Å². The number of aryl methyl sites for hydroxylation is 2. The Bertz CT molecular complexity index is 1320. The predicted octanol–water partition coefficient (Wildman–Crippen LogP) is 4.53. The van der Waals surface area contributed by atoms with Gasteiger partial charge in [-0.25, -0.2) is 9.59 Å². The Morgan fingerprint density at radius 2 is 1.70 bits per heavy atom. The first-order valence-corrected chi connectivity index (χ1v) is 12.5. The van der Waals surface area contributed by atoms with Crippen molar-refractivity contribution in [2.45, 2.75) is 32.0 Å². The molecule has 1 N–H and O–H groups in total. The summed E-state index contributed by atoms with van der Waals surface area (Å²) in [5, 5.41) is 12.2. The maximum Gasteiger partial charge on any atom is 0.339 e. The van der Waals surface area contributed by atoms with Crippen molar-refractivity contribution in [1.29, 1.82) is 0 Å². The Hall–Kier alpha value is -3.57. The van der Waals surface area contributed by atoms with E-state index in [-0.39, 0.29) is 22.6 Å². The largest absolute Gasteiger partial charge is 0.483 e. The summed E-state index contributed by atoms with van der Waals surface area (Å²) in [6.45, 7) is 5.68. The molecule has 1 atom stereocenters. The van der Waals surface area contributed by atoms with Gasteiger partial charge in [0.25, 0.3) is 0 Å². The van der Waals surface area contributed by atoms with Crippen molar-refractivity contribution in [3.05, 3.63) is 63.4 Å². The highest BCUT2D eigenvalue weighted by Gasteiger charge is 2.20. The van der Waals surface area contributed by atoms with E-state index in [1.54, 1.807) is 11.6 Å². The lowest BCUT2D eigenvalue weighted by molar-refractivity contribution is -0.113. The van der Waals surface area contributed by atoms with Crippen molar-refractivity contribution in [2.24, 2.45) is 7.05 Å². The SMILES string of the molecule is COC(=O)c1ccc(C(=O)OC)c(NC(=O)CSc2nnc(C(C)Oc3cc(C)c(Cl)c(C)c3)n2C)c1. The van der Waals surface area contributed by atoms with Crippen LogP contribution in [0.1, 0.15) is 50.7 Å². The minimum absolute atomic E-state index is 0.0279. The van der Waals surface area contributed by atoms with Gasteiger partial charge >= 0.3 is 11.9 Å². The summed E-state index contributed by atoms with van der Waals surface area (Å²) in [4.78, 5) is 36.7. The smallest absolute Gasteiger partial charge is 0.339 e. The van der Waals surface area contributed by atoms with E-state index >= 15 is 0 Å². The number of anilines is 1. The van der Waals surface area contributed by atoms with Crippen LogP contribution in [0.15, 0.2) is 35.5 Å². The number of aromatic nitrogens is 3. The number of nitrogens with zero attached hydrogens (tertiary/aromatic N) is 3. The highest BCUT2D eigenvalue weighted by Crippen LogP contribution is 2.29. The van der Waals surface area contributed by atoms with Crippen molar-refractivity contribution >= 4 is 46.9 Å². The number of benzene rings is 2. The Balaban J connectivity index is 1.69. The maximum atomic E-state index is 12.7. The number of hydrogen-bond acceptors (Lipinski definition) is 9. The van der Waals surface area contributed by atoms with Crippen molar-refractivity contribution in [3.63, 3.8) is 0 Å². The average Bonchev–Trinajstić information content (AvgIpc) is 3.25. The fraction of sp³-hybridized carbons (Fsp3) is 0.320. The fourth-order valence-corrected chi connectivity index (χ4v) is 4.36. The zero-order valence-electron chi connectivity index (χ0n) is 21.2. The van der Waals surface area contributed by atoms with Gasteiger partial charge in [-0.1, -0.05) is 23.4 Å². The zero-order valence-corrected chi connectivity index (χ0v) is 22.8. The summed E-state index contributed by atoms with van der Waals surface area (Å²) in [6.07, 6.45) is -0.413. The molecule has 1 amide bonds. The number of rotatable bonds is 9. The standard InChI is InChI=1S/C25H27ClN4O6S/c1-13-9-17(10-14(2)21(13)26)36-15(3)22-28-29-25(30(22)4)37-12-20(31)27-19-11-16(23(32)34-5)7-8-18(19)24(33)35-6/h7-11,15H,12H2,1-6H3,(H,27,31). The molecule has 196 valence electrons. The van der Waals surface area contributed by atoms with Crippen LogP contribution < -0.4 is 10.1 Å². The van der Waals surface area contributed by atoms with Gasteiger partial charge in [-0.3, -0.25) is 4.79 Å². The van der Waals surface area contributed by atoms with E-state index in [2.05, 4.69) is 15.5 Å². The number of thioether (sulfide) groups is 1. The molecule has 0 aliphatic rings. The third-order valence-corrected chi connectivity index (χ3v) is 7.02. The van der Waals surface area contributed by atoms with E-state index < -0.39 is 23.9 Å². The van der Waals surface area contributed by atoms with Gasteiger partial charge < -0.3 is 24.1 Å². The first-order chi connectivity index (χ1) is 17.5. The van der Waals surface area contributed by atoms with Gasteiger partial charge in [-0.15, -0.1) is 10.2 Å². The number of carbonyl (C=O) groups excluding carboxylic acids is 3. The van der Waals surface area contributed by atoms with Gasteiger partial charge in [0.2, 0.25) is 5.91 Å². The molecule has 3 rings (SSSR count). The molecule has 0 saturated carbocycles. The van der Waals surface area contributed by atoms with Crippen LogP contribution in [0.4, 0.5) is 5.69 Å². The normalized spacial score (nSPS) is 11.5. The van der Waals surface area contributed by atoms with E-state index in [0.717, 1.165) is 22.9 Å². The second kappa shape index (κ2) is 12.1. The Labute approximate surface area is 223 Å². The molecule has 1 heterocycles. The Morgan fingerprint density at radius 3 is 2.32 bits per heavy atom. The second-order valence-corrected chi connectivity index (χ2v) is 9.43. The number of esters is 2. The van der Waals surface area contributed by atoms with Crippen LogP contribution in [0.2, 0.25) is 5.02 Å². The molecule has 0 radical (unpaired) electrons. The van der Waals surface area contributed by atoms with Gasteiger partial charge in [0.15, 0.2) is 17.1 Å². The quantitative estimate of drug-likeness (QED) is 0.304. The van der Waals surface area contributed by atoms with Crippen molar-refractivity contribution in [3.8, 4) is 5.75 Å². The summed E-state index contributed by atoms with van der Waals surface area (Å²) in [7, 11) is 4.25. The highest BCUT2D eigenvalue weighted by atomic mass is 35.5. The molecule has 37 heavy (non-hydrogen) atoms. The number of ether oxygens (including phenoxy) is 3. The lowest BCUT2D eigenvalue weighted by Gasteiger charge is -2.16. The molecule has 0 aliphatic carbocycles. The van der Waals surface area contributed by atoms with Crippen LogP contribution in [0, 0.1) is 13.8 Å². The number of carbonyl (C=O) groups is 3. The van der Waals surface area contributed by atoms with Gasteiger partial charge in [0, 0.05) is 12.1 Å². The van der Waals surface area contributed by atoms with E-state index in [1.807, 2.05) is 32.9 Å². The van der Waals surface area contributed by atoms with Gasteiger partial charge in [-0.2, -0.15) is 0 Å². The highest BCUT2D eigenvalue weighted by molar-refractivity contribution is 7.99. The number of hydrogen-bond donors (Lipinski definition) is 1. The molecule has 0 bridgehead atoms. The molecular weight excluding hydrogens is 520 g/mol. The molecule has 3 aromatic rings. The summed E-state index contributed by atoms with van der Waals surface area (Å²) in [5.74, 6) is -0.463. The average molecular weight is 547 g/mol. The Kier molecular flexibility index (Phi) is 9.17. The third-order valence-electron chi connectivity index (χ3n) is 5.41. The topological polar surface area (TPSA) is 122 Å². The molecular formula is C25H27ClN4O6S. The summed E-state index contributed by atoms with van der Waals surface area (Å²) in [5.41, 5.74) is 2.24. The Morgan fingerprint density at radius 1 is 1.05 bits per heavy atom. The first-order valence-electron chi connectivity index (χ1n) is 11.1. The molecule has 2 aromatic carbocycles. The number of amides is 1. The van der Waals surface area contributed by atoms with Crippen molar-refractivity contribution in [2.75, 3.05) is 25.3 Å². The first kappa shape index (κ1) is 28.0. The van der Waals surface area contributed by atoms with Crippen LogP contribution in [-0.4, -0.2) is 52.6 Å². The summed E-state index contributed by atoms with van der Waals surface area (Å²) >= 11 is 7.40. The molecule has 12 heteroatoms. The maximum absolute atomic E-state index is 12.7. The van der Waals surface area contributed by atoms with Crippen molar-refractivity contribution in [1.82, 2.24) is 14.8 Å². The zero-order chi connectivity index (χ0) is 27.3. The third kappa shape index (κ3) is 6.60. The van der Waals surface area contributed by atoms with Gasteiger partial charge in [0.1, 0.15) is 5.75 Å². The number of methoxy groups -OCH3 is 2. The van der Waals surface area contributed by atoms with E-state index in [1.165, 1.54) is 32.4 Å². The molecule has 0 saturated heterocycles.